The summed E-state index contributed by atoms with van der Waals surface area (Å²) < 4.78 is 1.85. The molecule has 0 amide bonds. The van der Waals surface area contributed by atoms with Crippen molar-refractivity contribution in [1.82, 2.24) is 9.78 Å². The van der Waals surface area contributed by atoms with E-state index in [0.717, 1.165) is 48.5 Å². The Kier molecular flexibility index (Phi) is 4.67. The predicted molar refractivity (Wildman–Crippen MR) is 77.4 cm³/mol. The first kappa shape index (κ1) is 14.6. The summed E-state index contributed by atoms with van der Waals surface area (Å²) in [5.74, 6) is 1.23. The lowest BCUT2D eigenvalue weighted by Crippen LogP contribution is -2.27. The lowest BCUT2D eigenvalue weighted by molar-refractivity contribution is -0.125. The van der Waals surface area contributed by atoms with Crippen LogP contribution in [0.1, 0.15) is 50.9 Å². The first-order valence-corrected chi connectivity index (χ1v) is 7.67. The minimum absolute atomic E-state index is 0.135. The van der Waals surface area contributed by atoms with Gasteiger partial charge in [0.1, 0.15) is 5.78 Å². The Balaban J connectivity index is 2.15. The van der Waals surface area contributed by atoms with Crippen LogP contribution >= 0.6 is 11.6 Å². The van der Waals surface area contributed by atoms with E-state index in [-0.39, 0.29) is 5.92 Å². The average molecular weight is 283 g/mol. The van der Waals surface area contributed by atoms with Crippen LogP contribution in [0.5, 0.6) is 0 Å². The van der Waals surface area contributed by atoms with Crippen molar-refractivity contribution >= 4 is 17.4 Å². The monoisotopic (exact) mass is 282 g/mol. The van der Waals surface area contributed by atoms with Gasteiger partial charge >= 0.3 is 0 Å². The van der Waals surface area contributed by atoms with Gasteiger partial charge in [-0.3, -0.25) is 9.48 Å². The first-order chi connectivity index (χ1) is 9.06. The van der Waals surface area contributed by atoms with Crippen LogP contribution in [0.2, 0.25) is 5.02 Å². The molecule has 1 saturated carbocycles. The van der Waals surface area contributed by atoms with Crippen LogP contribution in [0.15, 0.2) is 0 Å². The topological polar surface area (TPSA) is 34.9 Å². The van der Waals surface area contributed by atoms with Crippen molar-refractivity contribution < 1.29 is 4.79 Å². The molecule has 2 unspecified atom stereocenters. The summed E-state index contributed by atoms with van der Waals surface area (Å²) in [4.78, 5) is 12.1. The van der Waals surface area contributed by atoms with Crippen molar-refractivity contribution in [3.05, 3.63) is 16.4 Å². The highest BCUT2D eigenvalue weighted by atomic mass is 35.5. The molecule has 0 radical (unpaired) electrons. The van der Waals surface area contributed by atoms with E-state index in [0.29, 0.717) is 11.7 Å². The van der Waals surface area contributed by atoms with Crippen LogP contribution in [0.3, 0.4) is 0 Å². The van der Waals surface area contributed by atoms with E-state index in [4.69, 9.17) is 11.6 Å². The fraction of sp³-hybridized carbons (Fsp3) is 0.733. The van der Waals surface area contributed by atoms with Gasteiger partial charge in [0.15, 0.2) is 0 Å². The predicted octanol–water partition coefficient (Wildman–Crippen LogP) is 3.57. The number of aryl methyl sites for hydroxylation is 2. The second kappa shape index (κ2) is 6.08. The summed E-state index contributed by atoms with van der Waals surface area (Å²) >= 11 is 6.37. The zero-order valence-electron chi connectivity index (χ0n) is 12.1. The van der Waals surface area contributed by atoms with Gasteiger partial charge in [-0.2, -0.15) is 5.10 Å². The molecule has 1 aromatic heterocycles. The van der Waals surface area contributed by atoms with Crippen LogP contribution in [-0.2, 0) is 24.7 Å². The van der Waals surface area contributed by atoms with E-state index in [1.807, 2.05) is 11.7 Å². The molecule has 1 aliphatic rings. The Morgan fingerprint density at radius 2 is 2.16 bits per heavy atom. The third-order valence-corrected chi connectivity index (χ3v) is 4.83. The molecular formula is C15H23ClN2O. The summed E-state index contributed by atoms with van der Waals surface area (Å²) in [5.41, 5.74) is 1.96. The molecule has 106 valence electrons. The number of hydrogen-bond acceptors (Lipinski definition) is 2. The molecule has 4 heteroatoms. The summed E-state index contributed by atoms with van der Waals surface area (Å²) in [7, 11) is 1.92. The van der Waals surface area contributed by atoms with Crippen molar-refractivity contribution in [2.75, 3.05) is 0 Å². The van der Waals surface area contributed by atoms with E-state index < -0.39 is 0 Å². The molecule has 2 rings (SSSR count). The van der Waals surface area contributed by atoms with Crippen molar-refractivity contribution in [3.63, 3.8) is 0 Å². The quantitative estimate of drug-likeness (QED) is 0.846. The molecule has 1 heterocycles. The van der Waals surface area contributed by atoms with Crippen LogP contribution in [0.4, 0.5) is 0 Å². The Morgan fingerprint density at radius 1 is 1.42 bits per heavy atom. The zero-order valence-corrected chi connectivity index (χ0v) is 12.8. The molecule has 1 aliphatic carbocycles. The van der Waals surface area contributed by atoms with Crippen LogP contribution in [0.25, 0.3) is 0 Å². The lowest BCUT2D eigenvalue weighted by atomic mass is 9.77. The van der Waals surface area contributed by atoms with Crippen LogP contribution < -0.4 is 0 Å². The Labute approximate surface area is 120 Å². The van der Waals surface area contributed by atoms with Crippen molar-refractivity contribution in [3.8, 4) is 0 Å². The number of ketones is 1. The molecule has 1 aromatic rings. The number of carbonyl (C=O) groups excluding carboxylic acids is 1. The summed E-state index contributed by atoms with van der Waals surface area (Å²) in [6.07, 6.45) is 5.56. The summed E-state index contributed by atoms with van der Waals surface area (Å²) in [6, 6.07) is 0. The molecule has 3 nitrogen and oxygen atoms in total. The number of nitrogens with zero attached hydrogens (tertiary/aromatic N) is 2. The van der Waals surface area contributed by atoms with Crippen LogP contribution in [-0.4, -0.2) is 15.6 Å². The van der Waals surface area contributed by atoms with Gasteiger partial charge in [-0.1, -0.05) is 31.9 Å². The molecule has 1 fully saturated rings. The molecule has 2 atom stereocenters. The third kappa shape index (κ3) is 3.02. The smallest absolute Gasteiger partial charge is 0.136 e. The van der Waals surface area contributed by atoms with Crippen molar-refractivity contribution in [2.45, 2.75) is 52.4 Å². The van der Waals surface area contributed by atoms with Gasteiger partial charge in [-0.05, 0) is 25.2 Å². The summed E-state index contributed by atoms with van der Waals surface area (Å²) in [5, 5.41) is 5.19. The molecule has 0 aliphatic heterocycles. The second-order valence-electron chi connectivity index (χ2n) is 5.60. The van der Waals surface area contributed by atoms with Gasteiger partial charge in [-0.15, -0.1) is 0 Å². The van der Waals surface area contributed by atoms with Gasteiger partial charge in [0.2, 0.25) is 0 Å². The van der Waals surface area contributed by atoms with Gasteiger partial charge in [0, 0.05) is 25.8 Å². The van der Waals surface area contributed by atoms with Gasteiger partial charge in [-0.25, -0.2) is 0 Å². The molecule has 0 spiro atoms. The molecule has 0 bridgehead atoms. The van der Waals surface area contributed by atoms with E-state index in [1.165, 1.54) is 6.42 Å². The fourth-order valence-corrected chi connectivity index (χ4v) is 3.42. The van der Waals surface area contributed by atoms with Gasteiger partial charge in [0.25, 0.3) is 0 Å². The van der Waals surface area contributed by atoms with Gasteiger partial charge < -0.3 is 0 Å². The van der Waals surface area contributed by atoms with Gasteiger partial charge in [0.05, 0.1) is 16.4 Å². The minimum Gasteiger partial charge on any atom is -0.299 e. The maximum Gasteiger partial charge on any atom is 0.136 e. The number of carbonyl (C=O) groups is 1. The Morgan fingerprint density at radius 3 is 2.74 bits per heavy atom. The van der Waals surface area contributed by atoms with E-state index in [9.17, 15) is 4.79 Å². The lowest BCUT2D eigenvalue weighted by Gasteiger charge is -2.27. The summed E-state index contributed by atoms with van der Waals surface area (Å²) in [6.45, 7) is 4.26. The zero-order chi connectivity index (χ0) is 14.0. The molecule has 19 heavy (non-hydrogen) atoms. The number of aromatic nitrogens is 2. The largest absolute Gasteiger partial charge is 0.299 e. The highest BCUT2D eigenvalue weighted by Crippen LogP contribution is 2.32. The van der Waals surface area contributed by atoms with Crippen molar-refractivity contribution in [2.24, 2.45) is 18.9 Å². The minimum atomic E-state index is 0.135. The van der Waals surface area contributed by atoms with E-state index in [2.05, 4.69) is 18.9 Å². The SMILES string of the molecule is CCc1nn(C)c(CC2CC(CC)CCC2=O)c1Cl. The standard InChI is InChI=1S/C15H23ClN2O/c1-4-10-6-7-14(19)11(8-10)9-13-15(16)12(5-2)17-18(13)3/h10-11H,4-9H2,1-3H3. The normalized spacial score (nSPS) is 23.9. The second-order valence-corrected chi connectivity index (χ2v) is 5.98. The number of halogens is 1. The maximum atomic E-state index is 12.1. The maximum absolute atomic E-state index is 12.1. The van der Waals surface area contributed by atoms with E-state index >= 15 is 0 Å². The molecular weight excluding hydrogens is 260 g/mol. The highest BCUT2D eigenvalue weighted by Gasteiger charge is 2.29. The van der Waals surface area contributed by atoms with Crippen molar-refractivity contribution in [1.29, 1.82) is 0 Å². The van der Waals surface area contributed by atoms with Crippen LogP contribution in [0, 0.1) is 11.8 Å². The average Bonchev–Trinajstić information content (AvgIpc) is 2.68. The molecule has 0 saturated heterocycles. The number of Topliss-reactive ketones (excluding diaryl/α,β-unsaturated/α-hetero) is 1. The number of hydrogen-bond donors (Lipinski definition) is 0. The highest BCUT2D eigenvalue weighted by molar-refractivity contribution is 6.31. The Hall–Kier alpha value is -0.830. The van der Waals surface area contributed by atoms with E-state index in [1.54, 1.807) is 0 Å². The third-order valence-electron chi connectivity index (χ3n) is 4.39. The molecule has 0 N–H and O–H groups in total. The molecule has 0 aromatic carbocycles. The Bertz CT molecular complexity index is 467. The first-order valence-electron chi connectivity index (χ1n) is 7.29. The number of rotatable bonds is 4. The fourth-order valence-electron chi connectivity index (χ4n) is 3.05.